The standard InChI is InChI=1S/C27H26F2N2O3S/c1-16(2)18-8-10-19(11-9-18)31-24(33)22(14-17-6-12-20(13-7-17)34-26(28)29)35-25(31)21(15-30)23(32)27(3,4)5/h6-14,16,26H,1-5H3/b22-14-,25-21+. The van der Waals surface area contributed by atoms with Gasteiger partial charge in [0, 0.05) is 5.41 Å². The van der Waals surface area contributed by atoms with Gasteiger partial charge in [-0.2, -0.15) is 14.0 Å². The van der Waals surface area contributed by atoms with Gasteiger partial charge in [-0.1, -0.05) is 58.9 Å². The van der Waals surface area contributed by atoms with Gasteiger partial charge in [0.25, 0.3) is 5.56 Å². The number of carbonyl (C=O) groups excluding carboxylic acids is 1. The number of thiazole rings is 1. The fourth-order valence-corrected chi connectivity index (χ4v) is 4.46. The summed E-state index contributed by atoms with van der Waals surface area (Å²) >= 11 is 1.04. The van der Waals surface area contributed by atoms with Crippen molar-refractivity contribution < 1.29 is 18.3 Å². The molecule has 0 saturated heterocycles. The first-order chi connectivity index (χ1) is 16.4. The van der Waals surface area contributed by atoms with E-state index < -0.39 is 12.0 Å². The minimum absolute atomic E-state index is 0.00236. The summed E-state index contributed by atoms with van der Waals surface area (Å²) in [7, 11) is 0. The molecule has 0 N–H and O–H groups in total. The van der Waals surface area contributed by atoms with Crippen molar-refractivity contribution in [3.63, 3.8) is 0 Å². The van der Waals surface area contributed by atoms with Gasteiger partial charge in [-0.05, 0) is 47.4 Å². The topological polar surface area (TPSA) is 72.1 Å². The molecule has 0 aliphatic carbocycles. The molecule has 182 valence electrons. The quantitative estimate of drug-likeness (QED) is 0.494. The second-order valence-electron chi connectivity index (χ2n) is 9.32. The molecule has 3 rings (SSSR count). The van der Waals surface area contributed by atoms with Crippen LogP contribution in [0.3, 0.4) is 0 Å². The lowest BCUT2D eigenvalue weighted by atomic mass is 9.87. The first kappa shape index (κ1) is 26.0. The van der Waals surface area contributed by atoms with Gasteiger partial charge in [0.05, 0.1) is 10.2 Å². The minimum Gasteiger partial charge on any atom is -0.435 e. The summed E-state index contributed by atoms with van der Waals surface area (Å²) in [6, 6.07) is 15.3. The van der Waals surface area contributed by atoms with Gasteiger partial charge in [-0.3, -0.25) is 14.2 Å². The number of hydrogen-bond acceptors (Lipinski definition) is 5. The van der Waals surface area contributed by atoms with Gasteiger partial charge in [0.2, 0.25) is 0 Å². The van der Waals surface area contributed by atoms with E-state index in [4.69, 9.17) is 0 Å². The van der Waals surface area contributed by atoms with Gasteiger partial charge in [0.15, 0.2) is 5.78 Å². The second kappa shape index (κ2) is 10.4. The van der Waals surface area contributed by atoms with Crippen LogP contribution in [0.4, 0.5) is 8.78 Å². The van der Waals surface area contributed by atoms with Gasteiger partial charge < -0.3 is 4.74 Å². The Morgan fingerprint density at radius 3 is 2.17 bits per heavy atom. The zero-order valence-corrected chi connectivity index (χ0v) is 21.0. The Bertz CT molecular complexity index is 1440. The maximum absolute atomic E-state index is 13.5. The molecular weight excluding hydrogens is 470 g/mol. The zero-order valence-electron chi connectivity index (χ0n) is 20.1. The average molecular weight is 497 g/mol. The predicted molar refractivity (Wildman–Crippen MR) is 133 cm³/mol. The SMILES string of the molecule is CC(C)c1ccc(-n2c(=O)/c(=C/c3ccc(OC(F)F)cc3)s/c2=C(\C#N)C(=O)C(C)(C)C)cc1. The molecule has 0 aliphatic rings. The summed E-state index contributed by atoms with van der Waals surface area (Å²) in [4.78, 5) is 26.6. The normalized spacial score (nSPS) is 13.2. The third-order valence-corrected chi connectivity index (χ3v) is 6.37. The number of aromatic nitrogens is 1. The molecular formula is C27H26F2N2O3S. The zero-order chi connectivity index (χ0) is 25.9. The number of alkyl halides is 2. The van der Waals surface area contributed by atoms with Crippen LogP contribution in [0.1, 0.15) is 51.7 Å². The van der Waals surface area contributed by atoms with E-state index in [-0.39, 0.29) is 27.3 Å². The molecule has 1 heterocycles. The van der Waals surface area contributed by atoms with Crippen molar-refractivity contribution in [2.75, 3.05) is 0 Å². The molecule has 0 saturated carbocycles. The molecule has 0 fully saturated rings. The monoisotopic (exact) mass is 496 g/mol. The number of benzene rings is 2. The Hall–Kier alpha value is -3.57. The summed E-state index contributed by atoms with van der Waals surface area (Å²) < 4.78 is 31.2. The largest absolute Gasteiger partial charge is 0.435 e. The van der Waals surface area contributed by atoms with Gasteiger partial charge in [0.1, 0.15) is 22.1 Å². The summed E-state index contributed by atoms with van der Waals surface area (Å²) in [5, 5.41) is 9.89. The number of ether oxygens (including phenoxy) is 1. The fourth-order valence-electron chi connectivity index (χ4n) is 3.36. The van der Waals surface area contributed by atoms with E-state index in [1.165, 1.54) is 16.7 Å². The van der Waals surface area contributed by atoms with Gasteiger partial charge in [-0.15, -0.1) is 11.3 Å². The van der Waals surface area contributed by atoms with Crippen LogP contribution in [0, 0.1) is 16.7 Å². The number of nitriles is 1. The van der Waals surface area contributed by atoms with E-state index in [1.807, 2.05) is 18.2 Å². The van der Waals surface area contributed by atoms with Crippen LogP contribution in [0.25, 0.3) is 17.3 Å². The third-order valence-electron chi connectivity index (χ3n) is 5.28. The number of rotatable bonds is 6. The van der Waals surface area contributed by atoms with E-state index in [1.54, 1.807) is 51.1 Å². The van der Waals surface area contributed by atoms with Crippen LogP contribution < -0.4 is 19.5 Å². The van der Waals surface area contributed by atoms with Crippen molar-refractivity contribution in [1.29, 1.82) is 5.26 Å². The molecule has 5 nitrogen and oxygen atoms in total. The number of ketones is 1. The van der Waals surface area contributed by atoms with Crippen LogP contribution in [-0.4, -0.2) is 17.0 Å². The average Bonchev–Trinajstić information content (AvgIpc) is 3.10. The Kier molecular flexibility index (Phi) is 7.71. The molecule has 0 aliphatic heterocycles. The first-order valence-electron chi connectivity index (χ1n) is 11.0. The Morgan fingerprint density at radius 2 is 1.69 bits per heavy atom. The van der Waals surface area contributed by atoms with Crippen molar-refractivity contribution in [1.82, 2.24) is 4.57 Å². The highest BCUT2D eigenvalue weighted by Gasteiger charge is 2.27. The highest BCUT2D eigenvalue weighted by atomic mass is 32.1. The maximum atomic E-state index is 13.5. The fraction of sp³-hybridized carbons (Fsp3) is 0.296. The second-order valence-corrected chi connectivity index (χ2v) is 10.3. The molecule has 0 atom stereocenters. The Morgan fingerprint density at radius 1 is 1.09 bits per heavy atom. The van der Waals surface area contributed by atoms with Gasteiger partial charge >= 0.3 is 6.61 Å². The van der Waals surface area contributed by atoms with Crippen LogP contribution >= 0.6 is 11.3 Å². The smallest absolute Gasteiger partial charge is 0.387 e. The highest BCUT2D eigenvalue weighted by molar-refractivity contribution is 7.07. The number of Topliss-reactive ketones (excluding diaryl/α,β-unsaturated/α-hetero) is 1. The van der Waals surface area contributed by atoms with Crippen LogP contribution in [-0.2, 0) is 4.79 Å². The Balaban J connectivity index is 2.29. The van der Waals surface area contributed by atoms with Gasteiger partial charge in [-0.25, -0.2) is 0 Å². The van der Waals surface area contributed by atoms with Crippen LogP contribution in [0.5, 0.6) is 5.75 Å². The molecule has 35 heavy (non-hydrogen) atoms. The first-order valence-corrected chi connectivity index (χ1v) is 11.8. The molecule has 0 unspecified atom stereocenters. The van der Waals surface area contributed by atoms with Crippen LogP contribution in [0.15, 0.2) is 53.3 Å². The van der Waals surface area contributed by atoms with E-state index in [0.717, 1.165) is 16.9 Å². The summed E-state index contributed by atoms with van der Waals surface area (Å²) in [5.41, 5.74) is 0.922. The Labute approximate surface area is 206 Å². The van der Waals surface area contributed by atoms with Crippen molar-refractivity contribution >= 4 is 28.8 Å². The molecule has 0 amide bonds. The lowest BCUT2D eigenvalue weighted by Gasteiger charge is -2.15. The number of carbonyl (C=O) groups is 1. The summed E-state index contributed by atoms with van der Waals surface area (Å²) in [5.74, 6) is -0.0660. The molecule has 3 aromatic rings. The predicted octanol–water partition coefficient (Wildman–Crippen LogP) is 4.74. The van der Waals surface area contributed by atoms with Crippen LogP contribution in [0.2, 0.25) is 0 Å². The molecule has 0 radical (unpaired) electrons. The van der Waals surface area contributed by atoms with Crippen molar-refractivity contribution in [2.45, 2.75) is 47.1 Å². The number of hydrogen-bond donors (Lipinski definition) is 0. The maximum Gasteiger partial charge on any atom is 0.387 e. The van der Waals surface area contributed by atoms with Crippen molar-refractivity contribution in [3.8, 4) is 17.5 Å². The lowest BCUT2D eigenvalue weighted by Crippen LogP contribution is -2.33. The number of nitrogens with zero attached hydrogens (tertiary/aromatic N) is 2. The third kappa shape index (κ3) is 5.92. The van der Waals surface area contributed by atoms with E-state index in [0.29, 0.717) is 21.7 Å². The summed E-state index contributed by atoms with van der Waals surface area (Å²) in [6.07, 6.45) is 1.60. The van der Waals surface area contributed by atoms with Crippen molar-refractivity contribution in [3.05, 3.63) is 79.2 Å². The molecule has 8 heteroatoms. The summed E-state index contributed by atoms with van der Waals surface area (Å²) in [6.45, 7) is 6.35. The molecule has 1 aromatic heterocycles. The van der Waals surface area contributed by atoms with E-state index in [9.17, 15) is 23.6 Å². The highest BCUT2D eigenvalue weighted by Crippen LogP contribution is 2.21. The molecule has 0 bridgehead atoms. The van der Waals surface area contributed by atoms with E-state index >= 15 is 0 Å². The number of halogens is 2. The lowest BCUT2D eigenvalue weighted by molar-refractivity contribution is -0.120. The molecule has 2 aromatic carbocycles. The van der Waals surface area contributed by atoms with E-state index in [2.05, 4.69) is 18.6 Å². The van der Waals surface area contributed by atoms with Crippen molar-refractivity contribution in [2.24, 2.45) is 5.41 Å². The minimum atomic E-state index is -2.93. The molecule has 0 spiro atoms.